The summed E-state index contributed by atoms with van der Waals surface area (Å²) in [6.45, 7) is 0.648. The molecule has 0 aliphatic rings. The van der Waals surface area contributed by atoms with E-state index < -0.39 is 0 Å². The number of carbonyl (C=O) groups excluding carboxylic acids is 1. The summed E-state index contributed by atoms with van der Waals surface area (Å²) in [6, 6.07) is 29.8. The van der Waals surface area contributed by atoms with Crippen LogP contribution in [0.15, 0.2) is 95.5 Å². The van der Waals surface area contributed by atoms with Crippen LogP contribution in [0.1, 0.15) is 39.2 Å². The van der Waals surface area contributed by atoms with Gasteiger partial charge in [0, 0.05) is 11.6 Å². The zero-order chi connectivity index (χ0) is 21.3. The van der Waals surface area contributed by atoms with Gasteiger partial charge in [-0.1, -0.05) is 84.0 Å². The molecule has 2 N–H and O–H groups in total. The predicted octanol–water partition coefficient (Wildman–Crippen LogP) is 4.07. The SMILES string of the molecule is O=C(NCc1noc(CN[C@H](Cc2ccccc2)c2ccccc2)n1)c1ccccc1. The van der Waals surface area contributed by atoms with Crippen molar-refractivity contribution in [2.45, 2.75) is 25.6 Å². The van der Waals surface area contributed by atoms with E-state index in [1.165, 1.54) is 11.1 Å². The number of carbonyl (C=O) groups is 1. The zero-order valence-corrected chi connectivity index (χ0v) is 17.1. The fourth-order valence-electron chi connectivity index (χ4n) is 3.34. The van der Waals surface area contributed by atoms with Gasteiger partial charge in [-0.25, -0.2) is 0 Å². The molecule has 4 rings (SSSR count). The van der Waals surface area contributed by atoms with Crippen LogP contribution in [-0.2, 0) is 19.5 Å². The molecule has 0 radical (unpaired) electrons. The van der Waals surface area contributed by atoms with Crippen LogP contribution in [0, 0.1) is 0 Å². The van der Waals surface area contributed by atoms with Gasteiger partial charge in [-0.3, -0.25) is 4.79 Å². The summed E-state index contributed by atoms with van der Waals surface area (Å²) in [5.74, 6) is 0.760. The van der Waals surface area contributed by atoms with Crippen LogP contribution in [0.3, 0.4) is 0 Å². The third-order valence-corrected chi connectivity index (χ3v) is 4.94. The van der Waals surface area contributed by atoms with Crippen molar-refractivity contribution in [2.75, 3.05) is 0 Å². The molecule has 0 saturated heterocycles. The van der Waals surface area contributed by atoms with E-state index in [9.17, 15) is 4.79 Å². The molecule has 0 aliphatic heterocycles. The van der Waals surface area contributed by atoms with E-state index in [1.54, 1.807) is 12.1 Å². The number of hydrogen-bond donors (Lipinski definition) is 2. The summed E-state index contributed by atoms with van der Waals surface area (Å²) in [7, 11) is 0. The third-order valence-electron chi connectivity index (χ3n) is 4.94. The van der Waals surface area contributed by atoms with Crippen molar-refractivity contribution in [3.05, 3.63) is 119 Å². The average molecular weight is 412 g/mol. The maximum absolute atomic E-state index is 12.2. The Balaban J connectivity index is 1.35. The summed E-state index contributed by atoms with van der Waals surface area (Å²) >= 11 is 0. The third kappa shape index (κ3) is 5.87. The summed E-state index contributed by atoms with van der Waals surface area (Å²) in [5, 5.41) is 10.3. The Morgan fingerprint density at radius 1 is 0.839 bits per heavy atom. The van der Waals surface area contributed by atoms with E-state index in [1.807, 2.05) is 54.6 Å². The zero-order valence-electron chi connectivity index (χ0n) is 17.1. The van der Waals surface area contributed by atoms with Crippen LogP contribution in [0.2, 0.25) is 0 Å². The molecular formula is C25H24N4O2. The van der Waals surface area contributed by atoms with Crippen LogP contribution in [0.4, 0.5) is 0 Å². The molecule has 0 aliphatic carbocycles. The van der Waals surface area contributed by atoms with Gasteiger partial charge in [0.2, 0.25) is 5.89 Å². The highest BCUT2D eigenvalue weighted by Gasteiger charge is 2.14. The van der Waals surface area contributed by atoms with Crippen molar-refractivity contribution in [3.8, 4) is 0 Å². The first-order valence-corrected chi connectivity index (χ1v) is 10.2. The van der Waals surface area contributed by atoms with Crippen molar-refractivity contribution >= 4 is 5.91 Å². The van der Waals surface area contributed by atoms with Crippen LogP contribution < -0.4 is 10.6 Å². The van der Waals surface area contributed by atoms with Gasteiger partial charge in [0.1, 0.15) is 0 Å². The fourth-order valence-corrected chi connectivity index (χ4v) is 3.34. The average Bonchev–Trinajstić information content (AvgIpc) is 3.30. The Kier molecular flexibility index (Phi) is 6.82. The summed E-state index contributed by atoms with van der Waals surface area (Å²) in [5.41, 5.74) is 3.04. The number of nitrogens with zero attached hydrogens (tertiary/aromatic N) is 2. The van der Waals surface area contributed by atoms with Crippen LogP contribution >= 0.6 is 0 Å². The number of hydrogen-bond acceptors (Lipinski definition) is 5. The number of nitrogens with one attached hydrogen (secondary N) is 2. The van der Waals surface area contributed by atoms with Gasteiger partial charge >= 0.3 is 0 Å². The second-order valence-corrected chi connectivity index (χ2v) is 7.19. The molecule has 0 spiro atoms. The van der Waals surface area contributed by atoms with Gasteiger partial charge in [-0.15, -0.1) is 0 Å². The number of aromatic nitrogens is 2. The Morgan fingerprint density at radius 3 is 2.19 bits per heavy atom. The molecule has 0 unspecified atom stereocenters. The monoisotopic (exact) mass is 412 g/mol. The van der Waals surface area contributed by atoms with Gasteiger partial charge < -0.3 is 15.2 Å². The minimum atomic E-state index is -0.169. The van der Waals surface area contributed by atoms with Crippen LogP contribution in [0.5, 0.6) is 0 Å². The molecule has 1 heterocycles. The Labute approximate surface area is 181 Å². The molecule has 6 heteroatoms. The smallest absolute Gasteiger partial charge is 0.251 e. The maximum atomic E-state index is 12.2. The molecule has 6 nitrogen and oxygen atoms in total. The predicted molar refractivity (Wildman–Crippen MR) is 118 cm³/mol. The second-order valence-electron chi connectivity index (χ2n) is 7.19. The molecule has 0 bridgehead atoms. The summed E-state index contributed by atoms with van der Waals surface area (Å²) in [4.78, 5) is 16.6. The Hall–Kier alpha value is -3.77. The molecule has 4 aromatic rings. The standard InChI is InChI=1S/C25H24N4O2/c30-25(21-14-8-3-9-15-21)27-17-23-28-24(31-29-23)18-26-22(20-12-6-2-7-13-20)16-19-10-4-1-5-11-19/h1-15,22,26H,16-18H2,(H,27,30)/t22-/m1/s1. The van der Waals surface area contributed by atoms with Gasteiger partial charge in [-0.05, 0) is 29.7 Å². The lowest BCUT2D eigenvalue weighted by Gasteiger charge is -2.18. The summed E-state index contributed by atoms with van der Waals surface area (Å²) in [6.07, 6.45) is 0.846. The molecule has 1 aromatic heterocycles. The van der Waals surface area contributed by atoms with E-state index in [0.29, 0.717) is 23.8 Å². The molecule has 31 heavy (non-hydrogen) atoms. The lowest BCUT2D eigenvalue weighted by Crippen LogP contribution is -2.24. The lowest BCUT2D eigenvalue weighted by atomic mass is 9.99. The van der Waals surface area contributed by atoms with Crippen molar-refractivity contribution in [1.82, 2.24) is 20.8 Å². The van der Waals surface area contributed by atoms with Gasteiger partial charge in [0.25, 0.3) is 5.91 Å². The van der Waals surface area contributed by atoms with Crippen LogP contribution in [0.25, 0.3) is 0 Å². The minimum absolute atomic E-state index is 0.108. The summed E-state index contributed by atoms with van der Waals surface area (Å²) < 4.78 is 5.36. The van der Waals surface area contributed by atoms with Gasteiger partial charge in [-0.2, -0.15) is 4.98 Å². The first kappa shape index (κ1) is 20.5. The molecular weight excluding hydrogens is 388 g/mol. The van der Waals surface area contributed by atoms with Crippen molar-refractivity contribution in [3.63, 3.8) is 0 Å². The van der Waals surface area contributed by atoms with Crippen molar-refractivity contribution < 1.29 is 9.32 Å². The molecule has 1 amide bonds. The second kappa shape index (κ2) is 10.3. The molecule has 1 atom stereocenters. The van der Waals surface area contributed by atoms with Crippen molar-refractivity contribution in [1.29, 1.82) is 0 Å². The van der Waals surface area contributed by atoms with Crippen molar-refractivity contribution in [2.24, 2.45) is 0 Å². The number of rotatable bonds is 9. The highest BCUT2D eigenvalue weighted by molar-refractivity contribution is 5.93. The van der Waals surface area contributed by atoms with Gasteiger partial charge in [0.15, 0.2) is 5.82 Å². The van der Waals surface area contributed by atoms with E-state index >= 15 is 0 Å². The first-order valence-electron chi connectivity index (χ1n) is 10.2. The van der Waals surface area contributed by atoms with Crippen LogP contribution in [-0.4, -0.2) is 16.0 Å². The topological polar surface area (TPSA) is 80.0 Å². The maximum Gasteiger partial charge on any atom is 0.251 e. The largest absolute Gasteiger partial charge is 0.345 e. The molecule has 0 fully saturated rings. The van der Waals surface area contributed by atoms with E-state index in [-0.39, 0.29) is 18.5 Å². The Bertz CT molecular complexity index is 1080. The number of benzene rings is 3. The lowest BCUT2D eigenvalue weighted by molar-refractivity contribution is 0.0949. The van der Waals surface area contributed by atoms with Gasteiger partial charge in [0.05, 0.1) is 13.1 Å². The quantitative estimate of drug-likeness (QED) is 0.433. The molecule has 3 aromatic carbocycles. The molecule has 0 saturated carbocycles. The highest BCUT2D eigenvalue weighted by Crippen LogP contribution is 2.19. The normalized spacial score (nSPS) is 11.7. The minimum Gasteiger partial charge on any atom is -0.345 e. The van der Waals surface area contributed by atoms with E-state index in [2.05, 4.69) is 45.0 Å². The van der Waals surface area contributed by atoms with E-state index in [0.717, 1.165) is 6.42 Å². The number of amides is 1. The molecule has 156 valence electrons. The highest BCUT2D eigenvalue weighted by atomic mass is 16.5. The van der Waals surface area contributed by atoms with E-state index in [4.69, 9.17) is 4.52 Å². The fraction of sp³-hybridized carbons (Fsp3) is 0.160. The Morgan fingerprint density at radius 2 is 1.48 bits per heavy atom. The first-order chi connectivity index (χ1) is 15.3.